The summed E-state index contributed by atoms with van der Waals surface area (Å²) in [7, 11) is 1.52. The Hall–Kier alpha value is -1.75. The zero-order valence-electron chi connectivity index (χ0n) is 12.1. The number of para-hydroxylation sites is 1. The van der Waals surface area contributed by atoms with Crippen molar-refractivity contribution in [3.05, 3.63) is 23.8 Å². The van der Waals surface area contributed by atoms with E-state index in [1.807, 2.05) is 12.1 Å². The number of hydrogen-bond donors (Lipinski definition) is 3. The lowest BCUT2D eigenvalue weighted by molar-refractivity contribution is -0.144. The zero-order chi connectivity index (χ0) is 15.0. The van der Waals surface area contributed by atoms with Gasteiger partial charge in [0, 0.05) is 18.2 Å². The predicted molar refractivity (Wildman–Crippen MR) is 77.2 cm³/mol. The molecule has 5 nitrogen and oxygen atoms in total. The molecule has 2 aliphatic rings. The molecule has 4 unspecified atom stereocenters. The minimum atomic E-state index is -0.699. The Balaban J connectivity index is 1.71. The third-order valence-electron chi connectivity index (χ3n) is 5.03. The van der Waals surface area contributed by atoms with Gasteiger partial charge in [0.25, 0.3) is 0 Å². The molecular weight excluding hydrogens is 270 g/mol. The lowest BCUT2D eigenvalue weighted by Crippen LogP contribution is -2.43. The van der Waals surface area contributed by atoms with Crippen LogP contribution >= 0.6 is 0 Å². The molecule has 21 heavy (non-hydrogen) atoms. The molecule has 114 valence electrons. The summed E-state index contributed by atoms with van der Waals surface area (Å²) in [4.78, 5) is 11.5. The highest BCUT2D eigenvalue weighted by Crippen LogP contribution is 2.48. The number of carboxylic acid groups (broad SMARTS) is 1. The van der Waals surface area contributed by atoms with Crippen LogP contribution in [0, 0.1) is 17.8 Å². The second-order valence-corrected chi connectivity index (χ2v) is 6.07. The quantitative estimate of drug-likeness (QED) is 0.773. The van der Waals surface area contributed by atoms with Crippen molar-refractivity contribution in [1.82, 2.24) is 5.32 Å². The molecule has 0 radical (unpaired) electrons. The van der Waals surface area contributed by atoms with Crippen molar-refractivity contribution < 1.29 is 19.7 Å². The average molecular weight is 291 g/mol. The van der Waals surface area contributed by atoms with E-state index in [1.54, 1.807) is 6.07 Å². The van der Waals surface area contributed by atoms with Crippen molar-refractivity contribution in [3.8, 4) is 11.5 Å². The molecule has 5 heteroatoms. The van der Waals surface area contributed by atoms with E-state index in [4.69, 9.17) is 4.74 Å². The van der Waals surface area contributed by atoms with Crippen LogP contribution in [0.2, 0.25) is 0 Å². The number of rotatable bonds is 5. The Labute approximate surface area is 123 Å². The summed E-state index contributed by atoms with van der Waals surface area (Å²) in [6.45, 7) is 0.459. The third-order valence-corrected chi connectivity index (χ3v) is 5.03. The second-order valence-electron chi connectivity index (χ2n) is 6.07. The van der Waals surface area contributed by atoms with Crippen LogP contribution in [0.1, 0.15) is 24.8 Å². The number of methoxy groups -OCH3 is 1. The van der Waals surface area contributed by atoms with Gasteiger partial charge in [0.15, 0.2) is 11.5 Å². The molecular formula is C16H21NO4. The molecule has 0 saturated heterocycles. The number of benzene rings is 1. The van der Waals surface area contributed by atoms with E-state index in [9.17, 15) is 15.0 Å². The predicted octanol–water partition coefficient (Wildman–Crippen LogP) is 1.99. The van der Waals surface area contributed by atoms with Crippen LogP contribution in [0.25, 0.3) is 0 Å². The molecule has 2 aliphatic carbocycles. The molecule has 1 aromatic rings. The van der Waals surface area contributed by atoms with Crippen LogP contribution in [0.3, 0.4) is 0 Å². The molecule has 0 amide bonds. The monoisotopic (exact) mass is 291 g/mol. The fraction of sp³-hybridized carbons (Fsp3) is 0.562. The lowest BCUT2D eigenvalue weighted by atomic mass is 9.84. The summed E-state index contributed by atoms with van der Waals surface area (Å²) in [6, 6.07) is 5.36. The first-order valence-corrected chi connectivity index (χ1v) is 7.43. The summed E-state index contributed by atoms with van der Waals surface area (Å²) in [6.07, 6.45) is 3.15. The van der Waals surface area contributed by atoms with Gasteiger partial charge in [0.2, 0.25) is 0 Å². The Morgan fingerprint density at radius 3 is 2.86 bits per heavy atom. The molecule has 1 aromatic carbocycles. The molecule has 2 bridgehead atoms. The Morgan fingerprint density at radius 1 is 1.38 bits per heavy atom. The van der Waals surface area contributed by atoms with E-state index >= 15 is 0 Å². The number of phenols is 1. The highest BCUT2D eigenvalue weighted by Gasteiger charge is 2.50. The van der Waals surface area contributed by atoms with Crippen LogP contribution in [-0.2, 0) is 11.3 Å². The zero-order valence-corrected chi connectivity index (χ0v) is 12.1. The van der Waals surface area contributed by atoms with Crippen molar-refractivity contribution in [2.24, 2.45) is 17.8 Å². The van der Waals surface area contributed by atoms with Crippen molar-refractivity contribution in [2.75, 3.05) is 7.11 Å². The van der Waals surface area contributed by atoms with Crippen molar-refractivity contribution in [3.63, 3.8) is 0 Å². The molecule has 4 atom stereocenters. The van der Waals surface area contributed by atoms with Gasteiger partial charge in [0.05, 0.1) is 13.0 Å². The van der Waals surface area contributed by atoms with Gasteiger partial charge in [0.1, 0.15) is 0 Å². The summed E-state index contributed by atoms with van der Waals surface area (Å²) in [5, 5.41) is 22.9. The van der Waals surface area contributed by atoms with Gasteiger partial charge in [-0.15, -0.1) is 0 Å². The smallest absolute Gasteiger partial charge is 0.308 e. The topological polar surface area (TPSA) is 78.8 Å². The van der Waals surface area contributed by atoms with Gasteiger partial charge >= 0.3 is 5.97 Å². The number of ether oxygens (including phenoxy) is 1. The highest BCUT2D eigenvalue weighted by atomic mass is 16.5. The minimum absolute atomic E-state index is 0.00634. The van der Waals surface area contributed by atoms with E-state index in [1.165, 1.54) is 7.11 Å². The van der Waals surface area contributed by atoms with Gasteiger partial charge in [-0.05, 0) is 37.2 Å². The van der Waals surface area contributed by atoms with Gasteiger partial charge < -0.3 is 20.3 Å². The highest BCUT2D eigenvalue weighted by molar-refractivity contribution is 5.72. The molecule has 2 fully saturated rings. The SMILES string of the molecule is COc1cccc(CNC2C3CCC(C3)C2C(=O)O)c1O. The summed E-state index contributed by atoms with van der Waals surface area (Å²) >= 11 is 0. The van der Waals surface area contributed by atoms with Gasteiger partial charge in [-0.2, -0.15) is 0 Å². The molecule has 3 rings (SSSR count). The second kappa shape index (κ2) is 5.56. The average Bonchev–Trinajstić information content (AvgIpc) is 3.06. The Morgan fingerprint density at radius 2 is 2.14 bits per heavy atom. The van der Waals surface area contributed by atoms with Crippen LogP contribution in [-0.4, -0.2) is 29.3 Å². The maximum absolute atomic E-state index is 11.5. The van der Waals surface area contributed by atoms with Gasteiger partial charge in [-0.3, -0.25) is 4.79 Å². The number of carboxylic acids is 1. The summed E-state index contributed by atoms with van der Waals surface area (Å²) in [5.74, 6) is 0.332. The summed E-state index contributed by atoms with van der Waals surface area (Å²) < 4.78 is 5.09. The fourth-order valence-electron chi connectivity index (χ4n) is 4.04. The van der Waals surface area contributed by atoms with E-state index < -0.39 is 5.97 Å². The van der Waals surface area contributed by atoms with Gasteiger partial charge in [-0.1, -0.05) is 12.1 Å². The maximum atomic E-state index is 11.5. The number of hydrogen-bond acceptors (Lipinski definition) is 4. The largest absolute Gasteiger partial charge is 0.504 e. The number of aliphatic carboxylic acids is 1. The number of nitrogens with one attached hydrogen (secondary N) is 1. The maximum Gasteiger partial charge on any atom is 0.308 e. The Kier molecular flexibility index (Phi) is 3.76. The lowest BCUT2D eigenvalue weighted by Gasteiger charge is -2.29. The molecule has 2 saturated carbocycles. The first-order chi connectivity index (χ1) is 10.1. The standard InChI is InChI=1S/C16H21NO4/c1-21-12-4-2-3-11(15(12)18)8-17-14-10-6-5-9(7-10)13(14)16(19)20/h2-4,9-10,13-14,17-18H,5-8H2,1H3,(H,19,20). The van der Waals surface area contributed by atoms with Gasteiger partial charge in [-0.25, -0.2) is 0 Å². The van der Waals surface area contributed by atoms with Crippen molar-refractivity contribution >= 4 is 5.97 Å². The summed E-state index contributed by atoms with van der Waals surface area (Å²) in [5.41, 5.74) is 0.737. The number of fused-ring (bicyclic) bond motifs is 2. The third kappa shape index (κ3) is 2.46. The van der Waals surface area contributed by atoms with E-state index in [0.717, 1.165) is 24.8 Å². The number of phenolic OH excluding ortho intramolecular Hbond substituents is 1. The van der Waals surface area contributed by atoms with E-state index in [0.29, 0.717) is 24.1 Å². The van der Waals surface area contributed by atoms with E-state index in [2.05, 4.69) is 5.32 Å². The number of carbonyl (C=O) groups is 1. The first kappa shape index (κ1) is 14.2. The van der Waals surface area contributed by atoms with Crippen LogP contribution < -0.4 is 10.1 Å². The van der Waals surface area contributed by atoms with E-state index in [-0.39, 0.29) is 17.7 Å². The normalized spacial score (nSPS) is 30.5. The molecule has 0 aliphatic heterocycles. The number of aromatic hydroxyl groups is 1. The van der Waals surface area contributed by atoms with Crippen LogP contribution in [0.5, 0.6) is 11.5 Å². The van der Waals surface area contributed by atoms with Crippen molar-refractivity contribution in [1.29, 1.82) is 0 Å². The minimum Gasteiger partial charge on any atom is -0.504 e. The fourth-order valence-corrected chi connectivity index (χ4v) is 4.04. The first-order valence-electron chi connectivity index (χ1n) is 7.43. The van der Waals surface area contributed by atoms with Crippen molar-refractivity contribution in [2.45, 2.75) is 31.8 Å². The Bertz CT molecular complexity index is 545. The molecule has 3 N–H and O–H groups in total. The van der Waals surface area contributed by atoms with Crippen LogP contribution in [0.15, 0.2) is 18.2 Å². The molecule has 0 aromatic heterocycles. The molecule has 0 spiro atoms. The molecule has 0 heterocycles. The van der Waals surface area contributed by atoms with Crippen LogP contribution in [0.4, 0.5) is 0 Å².